The van der Waals surface area contributed by atoms with E-state index in [1.54, 1.807) is 28.8 Å². The molecule has 0 spiro atoms. The predicted octanol–water partition coefficient (Wildman–Crippen LogP) is 6.82. The molecule has 9 heteroatoms. The van der Waals surface area contributed by atoms with E-state index in [9.17, 15) is 14.0 Å². The van der Waals surface area contributed by atoms with Gasteiger partial charge in [0.05, 0.1) is 18.5 Å². The molecule has 0 radical (unpaired) electrons. The maximum atomic E-state index is 13.5. The number of aromatic nitrogens is 2. The van der Waals surface area contributed by atoms with Crippen molar-refractivity contribution in [1.29, 1.82) is 0 Å². The third kappa shape index (κ3) is 6.13. The molecule has 5 rings (SSSR count). The molecule has 2 aromatic heterocycles. The van der Waals surface area contributed by atoms with Crippen LogP contribution in [0, 0.1) is 19.7 Å². The summed E-state index contributed by atoms with van der Waals surface area (Å²) in [5.74, 6) is -0.553. The minimum atomic E-state index is -0.458. The Kier molecular flexibility index (Phi) is 7.79. The van der Waals surface area contributed by atoms with E-state index in [1.165, 1.54) is 35.4 Å². The number of furan rings is 1. The Morgan fingerprint density at radius 1 is 1.00 bits per heavy atom. The second kappa shape index (κ2) is 11.6. The molecule has 0 saturated carbocycles. The summed E-state index contributed by atoms with van der Waals surface area (Å²) in [5, 5.41) is 3.48. The number of nitrogens with one attached hydrogen (secondary N) is 1. The zero-order chi connectivity index (χ0) is 28.2. The van der Waals surface area contributed by atoms with Crippen molar-refractivity contribution >= 4 is 29.4 Å². The summed E-state index contributed by atoms with van der Waals surface area (Å²) >= 11 is 6.07. The van der Waals surface area contributed by atoms with Crippen LogP contribution in [0.3, 0.4) is 0 Å². The van der Waals surface area contributed by atoms with Crippen LogP contribution in [0.4, 0.5) is 10.3 Å². The molecule has 40 heavy (non-hydrogen) atoms. The van der Waals surface area contributed by atoms with Crippen LogP contribution in [0.1, 0.15) is 27.2 Å². The van der Waals surface area contributed by atoms with Crippen LogP contribution in [0.25, 0.3) is 16.9 Å². The zero-order valence-electron chi connectivity index (χ0n) is 21.9. The summed E-state index contributed by atoms with van der Waals surface area (Å²) in [5.41, 5.74) is 4.77. The highest BCUT2D eigenvalue weighted by Gasteiger charge is 2.22. The number of aryl methyl sites for hydroxylation is 2. The largest absolute Gasteiger partial charge is 0.467 e. The molecule has 0 aliphatic rings. The minimum Gasteiger partial charge on any atom is -0.467 e. The van der Waals surface area contributed by atoms with Gasteiger partial charge in [0, 0.05) is 28.0 Å². The number of amides is 2. The van der Waals surface area contributed by atoms with Crippen molar-refractivity contribution in [2.45, 2.75) is 20.4 Å². The van der Waals surface area contributed by atoms with E-state index in [1.807, 2.05) is 50.4 Å². The fourth-order valence-electron chi connectivity index (χ4n) is 4.20. The summed E-state index contributed by atoms with van der Waals surface area (Å²) < 4.78 is 20.7. The summed E-state index contributed by atoms with van der Waals surface area (Å²) in [6.07, 6.45) is 3.34. The van der Waals surface area contributed by atoms with Crippen molar-refractivity contribution in [3.8, 4) is 16.9 Å². The summed E-state index contributed by atoms with van der Waals surface area (Å²) in [7, 11) is 0. The molecule has 0 saturated heterocycles. The molecule has 0 fully saturated rings. The number of rotatable bonds is 8. The molecular weight excluding hydrogens is 531 g/mol. The average molecular weight is 557 g/mol. The van der Waals surface area contributed by atoms with Gasteiger partial charge in [-0.05, 0) is 85.6 Å². The molecule has 7 nitrogen and oxygen atoms in total. The Hall–Kier alpha value is -4.69. The number of hydrogen-bond donors (Lipinski definition) is 1. The number of nitrogens with zero attached hydrogens (tertiary/aromatic N) is 3. The summed E-state index contributed by atoms with van der Waals surface area (Å²) in [6, 6.07) is 21.8. The number of carbonyl (C=O) groups excluding carboxylic acids is 2. The maximum absolute atomic E-state index is 13.5. The fraction of sp³-hybridized carbons (Fsp3) is 0.129. The average Bonchev–Trinajstić information content (AvgIpc) is 3.60. The molecule has 0 aliphatic carbocycles. The van der Waals surface area contributed by atoms with Crippen molar-refractivity contribution in [2.24, 2.45) is 0 Å². The predicted molar refractivity (Wildman–Crippen MR) is 152 cm³/mol. The van der Waals surface area contributed by atoms with Gasteiger partial charge in [-0.15, -0.1) is 0 Å². The van der Waals surface area contributed by atoms with Gasteiger partial charge in [-0.1, -0.05) is 29.8 Å². The van der Waals surface area contributed by atoms with Crippen molar-refractivity contribution in [1.82, 2.24) is 14.5 Å². The SMILES string of the molecule is Cc1ccc(-n2cc(-c3ccc(Cl)cc3)nc2NC(=O)CN(Cc2ccco2)C(=O)c2ccc(F)cc2)cc1C. The maximum Gasteiger partial charge on any atom is 0.254 e. The van der Waals surface area contributed by atoms with Crippen LogP contribution >= 0.6 is 11.6 Å². The number of anilines is 1. The number of hydrogen-bond acceptors (Lipinski definition) is 4. The van der Waals surface area contributed by atoms with Crippen molar-refractivity contribution in [3.05, 3.63) is 125 Å². The minimum absolute atomic E-state index is 0.0538. The summed E-state index contributed by atoms with van der Waals surface area (Å²) in [4.78, 5) is 32.7. The Bertz CT molecular complexity index is 1650. The third-order valence-corrected chi connectivity index (χ3v) is 6.76. The molecular formula is C31H26ClFN4O3. The zero-order valence-corrected chi connectivity index (χ0v) is 22.7. The highest BCUT2D eigenvalue weighted by atomic mass is 35.5. The Morgan fingerprint density at radius 2 is 1.75 bits per heavy atom. The van der Waals surface area contributed by atoms with Gasteiger partial charge in [0.15, 0.2) is 0 Å². The standard InChI is InChI=1S/C31H26ClFN4O3/c1-20-5-14-26(16-21(20)2)37-18-28(22-6-10-24(32)11-7-22)34-31(37)35-29(38)19-36(17-27-4-3-15-40-27)30(39)23-8-12-25(33)13-9-23/h3-16,18H,17,19H2,1-2H3,(H,34,35,38). The van der Waals surface area contributed by atoms with E-state index >= 15 is 0 Å². The van der Waals surface area contributed by atoms with Crippen molar-refractivity contribution < 1.29 is 18.4 Å². The van der Waals surface area contributed by atoms with Crippen LogP contribution < -0.4 is 5.32 Å². The first kappa shape index (κ1) is 26.9. The van der Waals surface area contributed by atoms with Crippen molar-refractivity contribution in [2.75, 3.05) is 11.9 Å². The Morgan fingerprint density at radius 3 is 2.42 bits per heavy atom. The van der Waals surface area contributed by atoms with Crippen LogP contribution in [-0.2, 0) is 11.3 Å². The van der Waals surface area contributed by atoms with Gasteiger partial charge >= 0.3 is 0 Å². The smallest absolute Gasteiger partial charge is 0.254 e. The van der Waals surface area contributed by atoms with Gasteiger partial charge in [-0.25, -0.2) is 9.37 Å². The molecule has 5 aromatic rings. The van der Waals surface area contributed by atoms with E-state index < -0.39 is 17.6 Å². The lowest BCUT2D eigenvalue weighted by molar-refractivity contribution is -0.117. The monoisotopic (exact) mass is 556 g/mol. The van der Waals surface area contributed by atoms with Gasteiger partial charge in [0.2, 0.25) is 11.9 Å². The van der Waals surface area contributed by atoms with Gasteiger partial charge in [0.25, 0.3) is 5.91 Å². The highest BCUT2D eigenvalue weighted by molar-refractivity contribution is 6.30. The van der Waals surface area contributed by atoms with Crippen molar-refractivity contribution in [3.63, 3.8) is 0 Å². The first-order valence-corrected chi connectivity index (χ1v) is 12.9. The van der Waals surface area contributed by atoms with Gasteiger partial charge in [0.1, 0.15) is 18.1 Å². The number of benzene rings is 3. The number of carbonyl (C=O) groups is 2. The molecule has 202 valence electrons. The van der Waals surface area contributed by atoms with E-state index in [4.69, 9.17) is 21.0 Å². The third-order valence-electron chi connectivity index (χ3n) is 6.51. The normalized spacial score (nSPS) is 10.9. The molecule has 0 bridgehead atoms. The van der Waals surface area contributed by atoms with E-state index in [0.717, 1.165) is 22.4 Å². The van der Waals surface area contributed by atoms with E-state index in [2.05, 4.69) is 5.32 Å². The van der Waals surface area contributed by atoms with Crippen LogP contribution in [-0.4, -0.2) is 32.8 Å². The molecule has 2 heterocycles. The van der Waals surface area contributed by atoms with Crippen LogP contribution in [0.2, 0.25) is 5.02 Å². The Balaban J connectivity index is 1.45. The van der Waals surface area contributed by atoms with Gasteiger partial charge < -0.3 is 9.32 Å². The molecule has 3 aromatic carbocycles. The lowest BCUT2D eigenvalue weighted by atomic mass is 10.1. The molecule has 0 aliphatic heterocycles. The first-order valence-electron chi connectivity index (χ1n) is 12.6. The fourth-order valence-corrected chi connectivity index (χ4v) is 4.33. The highest BCUT2D eigenvalue weighted by Crippen LogP contribution is 2.26. The lowest BCUT2D eigenvalue weighted by Crippen LogP contribution is -2.37. The molecule has 2 amide bonds. The lowest BCUT2D eigenvalue weighted by Gasteiger charge is -2.21. The van der Waals surface area contributed by atoms with Crippen LogP contribution in [0.15, 0.2) is 95.7 Å². The number of halogens is 2. The van der Waals surface area contributed by atoms with Crippen LogP contribution in [0.5, 0.6) is 0 Å². The Labute approximate surface area is 235 Å². The summed E-state index contributed by atoms with van der Waals surface area (Å²) in [6.45, 7) is 3.81. The van der Waals surface area contributed by atoms with Gasteiger partial charge in [-0.2, -0.15) is 0 Å². The molecule has 0 unspecified atom stereocenters. The second-order valence-electron chi connectivity index (χ2n) is 9.39. The van der Waals surface area contributed by atoms with E-state index in [0.29, 0.717) is 22.4 Å². The quantitative estimate of drug-likeness (QED) is 0.227. The second-order valence-corrected chi connectivity index (χ2v) is 9.83. The molecule has 0 atom stereocenters. The molecule has 1 N–H and O–H groups in total. The van der Waals surface area contributed by atoms with E-state index in [-0.39, 0.29) is 18.7 Å². The first-order chi connectivity index (χ1) is 19.3. The van der Waals surface area contributed by atoms with Gasteiger partial charge in [-0.3, -0.25) is 19.5 Å². The number of imidazole rings is 1. The topological polar surface area (TPSA) is 80.4 Å².